The Balaban J connectivity index is 1.12. The third kappa shape index (κ3) is 7.14. The molecule has 63 heavy (non-hydrogen) atoms. The molecule has 2 heterocycles. The molecule has 9 aromatic carbocycles. The Morgan fingerprint density at radius 2 is 1.02 bits per heavy atom. The molecule has 0 saturated heterocycles. The Morgan fingerprint density at radius 1 is 0.460 bits per heavy atom. The lowest BCUT2D eigenvalue weighted by Crippen LogP contribution is -2.06. The zero-order valence-corrected chi connectivity index (χ0v) is 35.2. The van der Waals surface area contributed by atoms with Crippen LogP contribution in [0, 0.1) is 0 Å². The number of aliphatic imine (C=N–C) groups is 3. The average Bonchev–Trinajstić information content (AvgIpc) is 3.90. The highest BCUT2D eigenvalue weighted by molar-refractivity contribution is 7.27. The molecule has 0 aliphatic carbocycles. The first kappa shape index (κ1) is 38.0. The predicted molar refractivity (Wildman–Crippen MR) is 269 cm³/mol. The summed E-state index contributed by atoms with van der Waals surface area (Å²) in [5.41, 5.74) is 13.4. The van der Waals surface area contributed by atoms with Gasteiger partial charge in [0.25, 0.3) is 0 Å². The van der Waals surface area contributed by atoms with Gasteiger partial charge in [-0.2, -0.15) is 0 Å². The molecule has 0 radical (unpaired) electrons. The van der Waals surface area contributed by atoms with Crippen LogP contribution in [0.25, 0.3) is 81.0 Å². The van der Waals surface area contributed by atoms with E-state index in [0.717, 1.165) is 33.4 Å². The minimum atomic E-state index is 0.504. The van der Waals surface area contributed by atoms with E-state index >= 15 is 0 Å². The van der Waals surface area contributed by atoms with Crippen LogP contribution in [0.15, 0.2) is 233 Å². The van der Waals surface area contributed by atoms with E-state index in [1.165, 1.54) is 64.3 Å². The lowest BCUT2D eigenvalue weighted by atomic mass is 9.95. The van der Waals surface area contributed by atoms with Gasteiger partial charge in [0.05, 0.1) is 17.6 Å². The van der Waals surface area contributed by atoms with Crippen LogP contribution in [0.2, 0.25) is 0 Å². The minimum absolute atomic E-state index is 0.504. The highest BCUT2D eigenvalue weighted by Gasteiger charge is 2.22. The van der Waals surface area contributed by atoms with Crippen LogP contribution in [0.4, 0.5) is 0 Å². The summed E-state index contributed by atoms with van der Waals surface area (Å²) in [6.07, 6.45) is 0. The van der Waals surface area contributed by atoms with E-state index < -0.39 is 0 Å². The maximum absolute atomic E-state index is 5.04. The minimum Gasteiger partial charge on any atom is -0.309 e. The van der Waals surface area contributed by atoms with E-state index in [2.05, 4.69) is 186 Å². The van der Waals surface area contributed by atoms with Gasteiger partial charge in [-0.1, -0.05) is 164 Å². The Kier molecular flexibility index (Phi) is 9.92. The highest BCUT2D eigenvalue weighted by atomic mass is 32.1. The first-order valence-electron chi connectivity index (χ1n) is 21.1. The maximum atomic E-state index is 5.04. The number of amidine groups is 2. The van der Waals surface area contributed by atoms with E-state index in [1.807, 2.05) is 59.9 Å². The van der Waals surface area contributed by atoms with E-state index in [0.29, 0.717) is 18.2 Å². The third-order valence-electron chi connectivity index (χ3n) is 11.8. The van der Waals surface area contributed by atoms with Crippen LogP contribution in [0.1, 0.15) is 16.7 Å². The largest absolute Gasteiger partial charge is 0.309 e. The molecular weight excluding hydrogens is 785 g/mol. The summed E-state index contributed by atoms with van der Waals surface area (Å²) >= 11 is 1.88. The molecule has 298 valence electrons. The van der Waals surface area contributed by atoms with Crippen LogP contribution < -0.4 is 0 Å². The van der Waals surface area contributed by atoms with Gasteiger partial charge in [0, 0.05) is 47.8 Å². The van der Waals surface area contributed by atoms with Crippen LogP contribution in [0.5, 0.6) is 0 Å². The van der Waals surface area contributed by atoms with Crippen molar-refractivity contribution in [3.05, 3.63) is 235 Å². The van der Waals surface area contributed by atoms with Gasteiger partial charge >= 0.3 is 0 Å². The van der Waals surface area contributed by atoms with Crippen LogP contribution >= 0.6 is 11.3 Å². The second kappa shape index (κ2) is 16.5. The molecule has 5 heteroatoms. The number of rotatable bonds is 8. The Morgan fingerprint density at radius 3 is 1.65 bits per heavy atom. The van der Waals surface area contributed by atoms with Crippen molar-refractivity contribution >= 4 is 71.7 Å². The summed E-state index contributed by atoms with van der Waals surface area (Å²) in [6.45, 7) is 4.46. The molecule has 0 unspecified atom stereocenters. The van der Waals surface area contributed by atoms with Gasteiger partial charge in [0.15, 0.2) is 11.7 Å². The van der Waals surface area contributed by atoms with E-state index in [9.17, 15) is 0 Å². The summed E-state index contributed by atoms with van der Waals surface area (Å²) in [4.78, 5) is 14.5. The fourth-order valence-electron chi connectivity index (χ4n) is 8.76. The first-order valence-corrected chi connectivity index (χ1v) is 22.0. The van der Waals surface area contributed by atoms with Gasteiger partial charge < -0.3 is 4.57 Å². The zero-order chi connectivity index (χ0) is 42.1. The van der Waals surface area contributed by atoms with Gasteiger partial charge in [-0.3, -0.25) is 4.99 Å². The lowest BCUT2D eigenvalue weighted by Gasteiger charge is -2.12. The Labute approximate surface area is 370 Å². The predicted octanol–water partition coefficient (Wildman–Crippen LogP) is 15.2. The molecule has 0 amide bonds. The average molecular weight is 825 g/mol. The molecular formula is C58H40N4S. The number of thiophene rings is 1. The zero-order valence-electron chi connectivity index (χ0n) is 34.4. The van der Waals surface area contributed by atoms with Crippen LogP contribution in [-0.2, 0) is 6.54 Å². The number of fused-ring (bicyclic) bond motifs is 7. The van der Waals surface area contributed by atoms with E-state index in [-0.39, 0.29) is 0 Å². The van der Waals surface area contributed by atoms with Crippen molar-refractivity contribution in [2.75, 3.05) is 0 Å². The summed E-state index contributed by atoms with van der Waals surface area (Å²) in [5, 5.41) is 5.02. The number of hydrogen-bond acceptors (Lipinski definition) is 2. The Bertz CT molecular complexity index is 3500. The van der Waals surface area contributed by atoms with Gasteiger partial charge in [-0.05, 0) is 100 Å². The van der Waals surface area contributed by atoms with Crippen molar-refractivity contribution < 1.29 is 0 Å². The van der Waals surface area contributed by atoms with Crippen molar-refractivity contribution in [2.24, 2.45) is 15.0 Å². The lowest BCUT2D eigenvalue weighted by molar-refractivity contribution is 1.06. The van der Waals surface area contributed by atoms with Crippen LogP contribution in [0.3, 0.4) is 0 Å². The monoisotopic (exact) mass is 824 g/mol. The number of aromatic nitrogens is 1. The summed E-state index contributed by atoms with van der Waals surface area (Å²) < 4.78 is 4.97. The van der Waals surface area contributed by atoms with Crippen molar-refractivity contribution in [1.82, 2.24) is 4.57 Å². The van der Waals surface area contributed by atoms with Gasteiger partial charge in [-0.15, -0.1) is 11.3 Å². The second-order valence-corrected chi connectivity index (χ2v) is 16.7. The normalized spacial score (nSPS) is 12.1. The second-order valence-electron chi connectivity index (χ2n) is 15.6. The van der Waals surface area contributed by atoms with Crippen molar-refractivity contribution in [3.63, 3.8) is 0 Å². The fraction of sp³-hybridized carbons (Fsp3) is 0.0172. The first-order chi connectivity index (χ1) is 31.2. The van der Waals surface area contributed by atoms with Gasteiger partial charge in [0.1, 0.15) is 0 Å². The molecule has 0 aliphatic rings. The molecule has 0 fully saturated rings. The molecule has 0 N–H and O–H groups in total. The van der Waals surface area contributed by atoms with E-state index in [1.54, 1.807) is 0 Å². The SMILES string of the molecule is C=NC(=NC(=NCc1ccccc1)c1ccccc1)c1ccc(-n2c3ccc(-c4ccccc4)cc3c3c4sc5ccc(-c6ccccc6)cc5c4c(-c4ccccc4)cc32)cc1. The van der Waals surface area contributed by atoms with Gasteiger partial charge in [-0.25, -0.2) is 9.98 Å². The number of nitrogens with zero attached hydrogens (tertiary/aromatic N) is 4. The number of hydrogen-bond donors (Lipinski definition) is 0. The molecule has 4 nitrogen and oxygen atoms in total. The summed E-state index contributed by atoms with van der Waals surface area (Å²) in [6, 6.07) is 77.3. The molecule has 0 atom stereocenters. The quantitative estimate of drug-likeness (QED) is 0.108. The summed E-state index contributed by atoms with van der Waals surface area (Å²) in [5.74, 6) is 1.12. The van der Waals surface area contributed by atoms with Gasteiger partial charge in [0.2, 0.25) is 0 Å². The highest BCUT2D eigenvalue weighted by Crippen LogP contribution is 2.49. The standard InChI is InChI=1S/C58H40N4S/c1-59-57(61-58(43-25-15-6-16-26-43)60-38-39-17-7-2-8-18-39)44-27-31-47(32-28-44)62-51-33-29-45(40-19-9-3-10-20-40)35-49(51)55-52(62)37-48(42-23-13-5-14-24-42)54-50-36-46(41-21-11-4-12-22-41)30-34-53(50)63-56(54)55/h2-37H,1,38H2. The maximum Gasteiger partial charge on any atom is 0.161 e. The van der Waals surface area contributed by atoms with Crippen molar-refractivity contribution in [2.45, 2.75) is 6.54 Å². The smallest absolute Gasteiger partial charge is 0.161 e. The van der Waals surface area contributed by atoms with Crippen molar-refractivity contribution in [1.29, 1.82) is 0 Å². The fourth-order valence-corrected chi connectivity index (χ4v) is 10.0. The Hall–Kier alpha value is -7.99. The van der Waals surface area contributed by atoms with Crippen molar-refractivity contribution in [3.8, 4) is 39.1 Å². The topological polar surface area (TPSA) is 42.0 Å². The summed E-state index contributed by atoms with van der Waals surface area (Å²) in [7, 11) is 0. The van der Waals surface area contributed by atoms with Crippen LogP contribution in [-0.4, -0.2) is 23.0 Å². The molecule has 11 aromatic rings. The molecule has 0 spiro atoms. The van der Waals surface area contributed by atoms with E-state index in [4.69, 9.17) is 9.98 Å². The third-order valence-corrected chi connectivity index (χ3v) is 13.0. The molecule has 0 aliphatic heterocycles. The molecule has 0 bridgehead atoms. The molecule has 2 aromatic heterocycles. The number of benzene rings is 9. The molecule has 0 saturated carbocycles. The molecule has 11 rings (SSSR count).